The predicted octanol–water partition coefficient (Wildman–Crippen LogP) is 1.94. The average molecular weight is 289 g/mol. The van der Waals surface area contributed by atoms with E-state index in [1.807, 2.05) is 0 Å². The number of hydrogen-bond acceptors (Lipinski definition) is 3. The van der Waals surface area contributed by atoms with Crippen LogP contribution in [0.25, 0.3) is 6.08 Å². The van der Waals surface area contributed by atoms with Gasteiger partial charge >= 0.3 is 5.97 Å². The molecular formula is C16H19NO4. The molecule has 0 bridgehead atoms. The van der Waals surface area contributed by atoms with E-state index in [9.17, 15) is 9.59 Å². The average Bonchev–Trinajstić information content (AvgIpc) is 2.52. The zero-order valence-corrected chi connectivity index (χ0v) is 11.7. The molecule has 2 rings (SSSR count). The second-order valence-corrected chi connectivity index (χ2v) is 5.09. The molecule has 5 heteroatoms. The lowest BCUT2D eigenvalue weighted by Gasteiger charge is -2.22. The predicted molar refractivity (Wildman–Crippen MR) is 79.0 cm³/mol. The van der Waals surface area contributed by atoms with Crippen LogP contribution in [0.15, 0.2) is 30.3 Å². The maximum absolute atomic E-state index is 12.1. The Balaban J connectivity index is 1.92. The first kappa shape index (κ1) is 15.3. The first-order valence-electron chi connectivity index (χ1n) is 7.02. The molecule has 1 aromatic rings. The standard InChI is InChI=1S/C16H19NO4/c18-15(19)7-6-12-3-1-5-14(9-12)16(20)17-10-13-4-2-8-21-11-13/h1,3,5-7,9,13H,2,4,8,10-11H2,(H,17,20)(H,18,19). The van der Waals surface area contributed by atoms with E-state index in [2.05, 4.69) is 5.32 Å². The van der Waals surface area contributed by atoms with Gasteiger partial charge in [0.15, 0.2) is 0 Å². The molecule has 5 nitrogen and oxygen atoms in total. The number of carbonyl (C=O) groups is 2. The molecule has 1 amide bonds. The van der Waals surface area contributed by atoms with Crippen molar-refractivity contribution in [2.24, 2.45) is 5.92 Å². The minimum absolute atomic E-state index is 0.147. The SMILES string of the molecule is O=C(O)C=Cc1cccc(C(=O)NCC2CCCOC2)c1. The van der Waals surface area contributed by atoms with Gasteiger partial charge in [-0.15, -0.1) is 0 Å². The van der Waals surface area contributed by atoms with Crippen molar-refractivity contribution in [3.05, 3.63) is 41.5 Å². The number of hydrogen-bond donors (Lipinski definition) is 2. The summed E-state index contributed by atoms with van der Waals surface area (Å²) in [5.41, 5.74) is 1.21. The van der Waals surface area contributed by atoms with Crippen molar-refractivity contribution in [3.8, 4) is 0 Å². The van der Waals surface area contributed by atoms with E-state index in [1.165, 1.54) is 6.08 Å². The van der Waals surface area contributed by atoms with Crippen molar-refractivity contribution in [2.45, 2.75) is 12.8 Å². The number of nitrogens with one attached hydrogen (secondary N) is 1. The van der Waals surface area contributed by atoms with E-state index in [-0.39, 0.29) is 5.91 Å². The van der Waals surface area contributed by atoms with Gasteiger partial charge in [-0.25, -0.2) is 4.79 Å². The molecule has 112 valence electrons. The Morgan fingerprint density at radius 3 is 3.00 bits per heavy atom. The Bertz CT molecular complexity index is 533. The second-order valence-electron chi connectivity index (χ2n) is 5.09. The van der Waals surface area contributed by atoms with E-state index in [1.54, 1.807) is 24.3 Å². The van der Waals surface area contributed by atoms with E-state index in [4.69, 9.17) is 9.84 Å². The minimum atomic E-state index is -1.01. The Kier molecular flexibility index (Phi) is 5.51. The molecule has 0 saturated carbocycles. The zero-order chi connectivity index (χ0) is 15.1. The summed E-state index contributed by atoms with van der Waals surface area (Å²) in [4.78, 5) is 22.6. The van der Waals surface area contributed by atoms with Crippen molar-refractivity contribution < 1.29 is 19.4 Å². The van der Waals surface area contributed by atoms with Crippen molar-refractivity contribution in [1.29, 1.82) is 0 Å². The van der Waals surface area contributed by atoms with Gasteiger partial charge in [0.1, 0.15) is 0 Å². The Morgan fingerprint density at radius 1 is 1.43 bits per heavy atom. The first-order valence-corrected chi connectivity index (χ1v) is 7.02. The lowest BCUT2D eigenvalue weighted by molar-refractivity contribution is -0.131. The third-order valence-electron chi connectivity index (χ3n) is 3.37. The maximum Gasteiger partial charge on any atom is 0.328 e. The summed E-state index contributed by atoms with van der Waals surface area (Å²) in [6.45, 7) is 2.11. The summed E-state index contributed by atoms with van der Waals surface area (Å²) >= 11 is 0. The number of aliphatic carboxylic acids is 1. The van der Waals surface area contributed by atoms with E-state index in [0.717, 1.165) is 25.5 Å². The van der Waals surface area contributed by atoms with Crippen LogP contribution in [-0.2, 0) is 9.53 Å². The third-order valence-corrected chi connectivity index (χ3v) is 3.37. The fraction of sp³-hybridized carbons (Fsp3) is 0.375. The van der Waals surface area contributed by atoms with Crippen LogP contribution in [0.4, 0.5) is 0 Å². The highest BCUT2D eigenvalue weighted by molar-refractivity contribution is 5.95. The quantitative estimate of drug-likeness (QED) is 0.812. The number of carbonyl (C=O) groups excluding carboxylic acids is 1. The van der Waals surface area contributed by atoms with Crippen LogP contribution >= 0.6 is 0 Å². The highest BCUT2D eigenvalue weighted by atomic mass is 16.5. The minimum Gasteiger partial charge on any atom is -0.478 e. The maximum atomic E-state index is 12.1. The molecule has 1 heterocycles. The lowest BCUT2D eigenvalue weighted by atomic mass is 10.0. The van der Waals surface area contributed by atoms with Crippen LogP contribution in [-0.4, -0.2) is 36.7 Å². The van der Waals surface area contributed by atoms with Crippen molar-refractivity contribution in [3.63, 3.8) is 0 Å². The van der Waals surface area contributed by atoms with Crippen LogP contribution < -0.4 is 5.32 Å². The fourth-order valence-corrected chi connectivity index (χ4v) is 2.26. The van der Waals surface area contributed by atoms with Gasteiger partial charge in [-0.1, -0.05) is 12.1 Å². The number of rotatable bonds is 5. The van der Waals surface area contributed by atoms with Crippen LogP contribution in [0.5, 0.6) is 0 Å². The molecule has 1 unspecified atom stereocenters. The van der Waals surface area contributed by atoms with Crippen LogP contribution in [0.1, 0.15) is 28.8 Å². The molecule has 0 spiro atoms. The highest BCUT2D eigenvalue weighted by Gasteiger charge is 2.15. The molecule has 0 radical (unpaired) electrons. The van der Waals surface area contributed by atoms with Gasteiger partial charge in [0.2, 0.25) is 0 Å². The fourth-order valence-electron chi connectivity index (χ4n) is 2.26. The molecule has 1 aliphatic heterocycles. The van der Waals surface area contributed by atoms with Crippen molar-refractivity contribution >= 4 is 18.0 Å². The molecular weight excluding hydrogens is 270 g/mol. The monoisotopic (exact) mass is 289 g/mol. The van der Waals surface area contributed by atoms with Crippen molar-refractivity contribution in [1.82, 2.24) is 5.32 Å². The molecule has 0 aliphatic carbocycles. The van der Waals surface area contributed by atoms with Crippen LogP contribution in [0.3, 0.4) is 0 Å². The Morgan fingerprint density at radius 2 is 2.29 bits per heavy atom. The first-order chi connectivity index (χ1) is 10.1. The number of amides is 1. The van der Waals surface area contributed by atoms with Gasteiger partial charge < -0.3 is 15.2 Å². The van der Waals surface area contributed by atoms with E-state index < -0.39 is 5.97 Å². The summed E-state index contributed by atoms with van der Waals surface area (Å²) in [6.07, 6.45) is 4.63. The van der Waals surface area contributed by atoms with Crippen LogP contribution in [0, 0.1) is 5.92 Å². The summed E-state index contributed by atoms with van der Waals surface area (Å²) < 4.78 is 5.38. The lowest BCUT2D eigenvalue weighted by Crippen LogP contribution is -2.33. The summed E-state index contributed by atoms with van der Waals surface area (Å²) in [7, 11) is 0. The van der Waals surface area contributed by atoms with Gasteiger partial charge in [-0.2, -0.15) is 0 Å². The molecule has 0 aromatic heterocycles. The van der Waals surface area contributed by atoms with Crippen LogP contribution in [0.2, 0.25) is 0 Å². The zero-order valence-electron chi connectivity index (χ0n) is 11.7. The number of carboxylic acid groups (broad SMARTS) is 1. The molecule has 1 atom stereocenters. The van der Waals surface area contributed by atoms with Gasteiger partial charge in [0.05, 0.1) is 6.61 Å². The molecule has 1 fully saturated rings. The molecule has 2 N–H and O–H groups in total. The number of ether oxygens (including phenoxy) is 1. The smallest absolute Gasteiger partial charge is 0.328 e. The Labute approximate surface area is 123 Å². The van der Waals surface area contributed by atoms with Gasteiger partial charge in [0.25, 0.3) is 5.91 Å². The summed E-state index contributed by atoms with van der Waals surface area (Å²) in [5.74, 6) is -0.786. The largest absolute Gasteiger partial charge is 0.478 e. The number of carboxylic acids is 1. The molecule has 1 aromatic carbocycles. The summed E-state index contributed by atoms with van der Waals surface area (Å²) in [5, 5.41) is 11.5. The van der Waals surface area contributed by atoms with E-state index >= 15 is 0 Å². The number of benzene rings is 1. The highest BCUT2D eigenvalue weighted by Crippen LogP contribution is 2.13. The second kappa shape index (κ2) is 7.59. The molecule has 1 saturated heterocycles. The Hall–Kier alpha value is -2.14. The van der Waals surface area contributed by atoms with Gasteiger partial charge in [0, 0.05) is 24.8 Å². The molecule has 21 heavy (non-hydrogen) atoms. The third kappa shape index (κ3) is 5.04. The van der Waals surface area contributed by atoms with E-state index in [0.29, 0.717) is 30.2 Å². The summed E-state index contributed by atoms with van der Waals surface area (Å²) in [6, 6.07) is 6.88. The van der Waals surface area contributed by atoms with Gasteiger partial charge in [-0.3, -0.25) is 4.79 Å². The van der Waals surface area contributed by atoms with Crippen molar-refractivity contribution in [2.75, 3.05) is 19.8 Å². The topological polar surface area (TPSA) is 75.6 Å². The van der Waals surface area contributed by atoms with Gasteiger partial charge in [-0.05, 0) is 42.5 Å². The molecule has 1 aliphatic rings. The normalized spacial score (nSPS) is 18.6.